The van der Waals surface area contributed by atoms with E-state index in [1.165, 1.54) is 0 Å². The Hall–Kier alpha value is 1.02. The second kappa shape index (κ2) is 62.3. The molecule has 0 aromatic rings. The summed E-state index contributed by atoms with van der Waals surface area (Å²) in [7, 11) is 0. The van der Waals surface area contributed by atoms with Gasteiger partial charge >= 0.3 is 64.8 Å². The first-order valence-corrected chi connectivity index (χ1v) is 3.29. The molecule has 0 rings (SSSR count). The van der Waals surface area contributed by atoms with E-state index in [2.05, 4.69) is 0 Å². The molecule has 0 aromatic carbocycles. The van der Waals surface area contributed by atoms with Gasteiger partial charge in [0.15, 0.2) is 0 Å². The molecule has 0 atom stereocenters. The van der Waals surface area contributed by atoms with Gasteiger partial charge in [0.2, 0.25) is 0 Å². The topological polar surface area (TPSA) is 74.3 Å². The maximum atomic E-state index is 8.38. The van der Waals surface area contributed by atoms with Crippen LogP contribution in [0.25, 0.3) is 0 Å². The molecule has 0 amide bonds. The third kappa shape index (κ3) is 169. The van der Waals surface area contributed by atoms with Crippen molar-refractivity contribution in [3.8, 4) is 0 Å². The molecule has 0 aliphatic rings. The predicted molar refractivity (Wildman–Crippen MR) is 2.06 cm³/mol. The zero-order valence-corrected chi connectivity index (χ0v) is 8.22. The van der Waals surface area contributed by atoms with Crippen LogP contribution in [0.4, 0.5) is 0 Å². The third-order valence-electron chi connectivity index (χ3n) is 0. The quantitative estimate of drug-likeness (QED) is 0.481. The second-order valence-electron chi connectivity index (χ2n) is 0.0589. The van der Waals surface area contributed by atoms with Crippen molar-refractivity contribution in [3.63, 3.8) is 0 Å². The summed E-state index contributed by atoms with van der Waals surface area (Å²) in [5.41, 5.74) is 0. The van der Waals surface area contributed by atoms with E-state index >= 15 is 0 Å². The molecular formula is Fe2O4Zn. The molecule has 0 saturated heterocycles. The van der Waals surface area contributed by atoms with Crippen molar-refractivity contribution in [2.24, 2.45) is 0 Å². The molecule has 0 fully saturated rings. The average molecular weight is 241 g/mol. The Labute approximate surface area is 64.7 Å². The van der Waals surface area contributed by atoms with E-state index in [1.54, 1.807) is 0 Å². The van der Waals surface area contributed by atoms with Crippen molar-refractivity contribution in [1.29, 1.82) is 0 Å². The van der Waals surface area contributed by atoms with Crippen LogP contribution in [0.15, 0.2) is 0 Å². The van der Waals surface area contributed by atoms with Gasteiger partial charge in [0, 0.05) is 0 Å². The molecular weight excluding hydrogens is 241 g/mol. The molecule has 0 radical (unpaired) electrons. The maximum absolute atomic E-state index is 8.38. The summed E-state index contributed by atoms with van der Waals surface area (Å²) in [5, 5.41) is 0. The van der Waals surface area contributed by atoms with Crippen molar-refractivity contribution in [1.82, 2.24) is 0 Å². The number of hydrogen-bond acceptors (Lipinski definition) is 4. The molecule has 0 bridgehead atoms. The summed E-state index contributed by atoms with van der Waals surface area (Å²) in [6.45, 7) is 0. The van der Waals surface area contributed by atoms with Crippen molar-refractivity contribution >= 4 is 0 Å². The van der Waals surface area contributed by atoms with Crippen LogP contribution in [-0.2, 0) is 60.7 Å². The van der Waals surface area contributed by atoms with Crippen LogP contribution in [-0.4, -0.2) is 0 Å². The average Bonchev–Trinajstić information content (AvgIpc) is 1.78. The molecule has 0 spiro atoms. The molecule has 7 heavy (non-hydrogen) atoms. The molecule has 0 aliphatic heterocycles. The van der Waals surface area contributed by atoms with Crippen LogP contribution < -0.4 is 4.19 Å². The molecule has 4 nitrogen and oxygen atoms in total. The van der Waals surface area contributed by atoms with Crippen LogP contribution in [0.2, 0.25) is 0 Å². The standard InChI is InChI=1S/2Fe.4O.Zn/q;+1;;;;-1;. The Kier molecular flexibility index (Phi) is 140. The van der Waals surface area contributed by atoms with Gasteiger partial charge in [-0.15, -0.1) is 0 Å². The van der Waals surface area contributed by atoms with E-state index in [4.69, 9.17) is 15.4 Å². The fourth-order valence-corrected chi connectivity index (χ4v) is 0. The second-order valence-corrected chi connectivity index (χ2v) is 0.243. The number of rotatable bonds is 0. The third-order valence-corrected chi connectivity index (χ3v) is 0. The molecule has 0 heterocycles. The van der Waals surface area contributed by atoms with Gasteiger partial charge in [-0.2, -0.15) is 0 Å². The van der Waals surface area contributed by atoms with Gasteiger partial charge in [-0.25, -0.2) is 0 Å². The van der Waals surface area contributed by atoms with Gasteiger partial charge in [-0.3, -0.25) is 0 Å². The van der Waals surface area contributed by atoms with E-state index in [-0.39, 0.29) is 18.3 Å². The predicted octanol–water partition coefficient (Wildman–Crippen LogP) is -1.55. The van der Waals surface area contributed by atoms with Gasteiger partial charge < -0.3 is 0 Å². The summed E-state index contributed by atoms with van der Waals surface area (Å²) in [4.78, 5) is 0. The Bertz CT molecular complexity index is 28.9. The normalized spacial score (nSPS) is 3.86. The van der Waals surface area contributed by atoms with Crippen molar-refractivity contribution < 1.29 is 64.8 Å². The van der Waals surface area contributed by atoms with Crippen molar-refractivity contribution in [2.75, 3.05) is 0 Å². The number of hydrogen-bond donors (Lipinski definition) is 0. The molecule has 0 N–H and O–H groups in total. The first kappa shape index (κ1) is 15.7. The van der Waals surface area contributed by atoms with Crippen LogP contribution in [0, 0.1) is 0 Å². The monoisotopic (exact) mass is 240 g/mol. The molecule has 0 unspecified atom stereocenters. The molecule has 7 heteroatoms. The van der Waals surface area contributed by atoms with Crippen molar-refractivity contribution in [2.45, 2.75) is 0 Å². The summed E-state index contributed by atoms with van der Waals surface area (Å²) < 4.78 is 33.1. The van der Waals surface area contributed by atoms with Crippen LogP contribution in [0.3, 0.4) is 0 Å². The first-order valence-electron chi connectivity index (χ1n) is 0.722. The van der Waals surface area contributed by atoms with Gasteiger partial charge in [0.25, 0.3) is 0 Å². The van der Waals surface area contributed by atoms with Gasteiger partial charge in [-0.1, -0.05) is 0 Å². The molecule has 42 valence electrons. The Balaban J connectivity index is -0.0000000360. The zero-order valence-electron chi connectivity index (χ0n) is 3.05. The van der Waals surface area contributed by atoms with Crippen LogP contribution >= 0.6 is 0 Å². The minimum atomic E-state index is -1.25. The first-order chi connectivity index (χ1) is 3.41. The summed E-state index contributed by atoms with van der Waals surface area (Å²) in [6.07, 6.45) is 0. The SMILES string of the molecule is [O]=[Fe+].[O]=[Fe][O-].[O]=[Zn]. The van der Waals surface area contributed by atoms with Crippen LogP contribution in [0.5, 0.6) is 0 Å². The fraction of sp³-hybridized carbons (Fsp3) is 0. The Morgan fingerprint density at radius 2 is 1.43 bits per heavy atom. The molecule has 0 aliphatic carbocycles. The van der Waals surface area contributed by atoms with Crippen molar-refractivity contribution in [3.05, 3.63) is 0 Å². The summed E-state index contributed by atoms with van der Waals surface area (Å²) in [6, 6.07) is 0. The minimum absolute atomic E-state index is 0.125. The van der Waals surface area contributed by atoms with E-state index in [0.29, 0.717) is 0 Å². The van der Waals surface area contributed by atoms with E-state index in [0.717, 1.165) is 0 Å². The summed E-state index contributed by atoms with van der Waals surface area (Å²) in [5.74, 6) is 0. The Morgan fingerprint density at radius 3 is 1.43 bits per heavy atom. The van der Waals surface area contributed by atoms with Gasteiger partial charge in [-0.05, 0) is 0 Å². The zero-order chi connectivity index (χ0) is 6.71. The van der Waals surface area contributed by atoms with Gasteiger partial charge in [0.1, 0.15) is 0 Å². The van der Waals surface area contributed by atoms with Gasteiger partial charge in [0.05, 0.1) is 0 Å². The molecule has 0 saturated carbocycles. The fourth-order valence-electron chi connectivity index (χ4n) is 0. The van der Waals surface area contributed by atoms with E-state index in [1.807, 2.05) is 15.9 Å². The summed E-state index contributed by atoms with van der Waals surface area (Å²) >= 11 is 0.875. The van der Waals surface area contributed by atoms with E-state index < -0.39 is 15.2 Å². The Morgan fingerprint density at radius 1 is 1.43 bits per heavy atom. The molecule has 0 aromatic heterocycles. The van der Waals surface area contributed by atoms with Crippen LogP contribution in [0.1, 0.15) is 0 Å². The van der Waals surface area contributed by atoms with E-state index in [9.17, 15) is 0 Å².